The number of aliphatic carboxylic acids is 1. The molecule has 0 heterocycles. The Kier molecular flexibility index (Phi) is 6.70. The van der Waals surface area contributed by atoms with Crippen molar-refractivity contribution in [3.8, 4) is 0 Å². The minimum absolute atomic E-state index is 0. The Morgan fingerprint density at radius 1 is 1.33 bits per heavy atom. The quantitative estimate of drug-likeness (QED) is 0.252. The summed E-state index contributed by atoms with van der Waals surface area (Å²) in [6, 6.07) is 0. The van der Waals surface area contributed by atoms with Crippen molar-refractivity contribution in [2.24, 2.45) is 0 Å². The van der Waals surface area contributed by atoms with Gasteiger partial charge in [-0.1, -0.05) is 0 Å². The molecule has 0 amide bonds. The first-order valence-electron chi connectivity index (χ1n) is 3.23. The van der Waals surface area contributed by atoms with Crippen molar-refractivity contribution in [3.63, 3.8) is 0 Å². The van der Waals surface area contributed by atoms with Gasteiger partial charge in [-0.25, -0.2) is 0 Å². The van der Waals surface area contributed by atoms with E-state index in [1.165, 1.54) is 0 Å². The molecular formula is C7H11NaO4. The molecule has 0 saturated heterocycles. The second kappa shape index (κ2) is 5.56. The molecule has 0 N–H and O–H groups in total. The fourth-order valence-electron chi connectivity index (χ4n) is 0.495. The zero-order valence-corrected chi connectivity index (χ0v) is 9.84. The third-order valence-corrected chi connectivity index (χ3v) is 0.709. The molecule has 0 aromatic rings. The minimum atomic E-state index is -1.42. The number of esters is 1. The Morgan fingerprint density at radius 2 is 1.75 bits per heavy atom. The van der Waals surface area contributed by atoms with Crippen LogP contribution in [0.1, 0.15) is 27.2 Å². The molecule has 0 fully saturated rings. The van der Waals surface area contributed by atoms with Crippen LogP contribution in [0.5, 0.6) is 0 Å². The Morgan fingerprint density at radius 3 is 2.00 bits per heavy atom. The summed E-state index contributed by atoms with van der Waals surface area (Å²) in [5.41, 5.74) is -0.632. The third-order valence-electron chi connectivity index (χ3n) is 0.709. The van der Waals surface area contributed by atoms with E-state index in [-0.39, 0.29) is 29.6 Å². The Bertz CT molecular complexity index is 171. The van der Waals surface area contributed by atoms with Gasteiger partial charge in [-0.15, -0.1) is 0 Å². The van der Waals surface area contributed by atoms with Crippen LogP contribution in [0, 0.1) is 0 Å². The SMILES string of the molecule is CC(C)(C)OC(=O)CC(=O)[O-].[Na+]. The van der Waals surface area contributed by atoms with Gasteiger partial charge in [0.05, 0.1) is 12.4 Å². The Labute approximate surface area is 93.6 Å². The molecule has 0 atom stereocenters. The van der Waals surface area contributed by atoms with Gasteiger partial charge >= 0.3 is 35.5 Å². The first kappa shape index (κ1) is 14.5. The van der Waals surface area contributed by atoms with Crippen LogP contribution >= 0.6 is 0 Å². The first-order valence-corrected chi connectivity index (χ1v) is 3.23. The molecule has 0 spiro atoms. The van der Waals surface area contributed by atoms with Crippen LogP contribution in [0.25, 0.3) is 0 Å². The smallest absolute Gasteiger partial charge is 0.550 e. The molecule has 0 aliphatic carbocycles. The predicted octanol–water partition coefficient (Wildman–Crippen LogP) is -3.53. The normalized spacial score (nSPS) is 9.92. The van der Waals surface area contributed by atoms with Crippen molar-refractivity contribution in [1.29, 1.82) is 0 Å². The molecule has 0 aliphatic heterocycles. The molecule has 0 aliphatic rings. The van der Waals surface area contributed by atoms with Crippen LogP contribution < -0.4 is 34.7 Å². The molecular weight excluding hydrogens is 171 g/mol. The maximum atomic E-state index is 10.6. The number of carboxylic acid groups (broad SMARTS) is 1. The van der Waals surface area contributed by atoms with Gasteiger partial charge in [-0.2, -0.15) is 0 Å². The van der Waals surface area contributed by atoms with Gasteiger partial charge in [0.15, 0.2) is 0 Å². The number of hydrogen-bond donors (Lipinski definition) is 0. The molecule has 5 heteroatoms. The summed E-state index contributed by atoms with van der Waals surface area (Å²) in [7, 11) is 0. The van der Waals surface area contributed by atoms with Gasteiger partial charge in [0, 0.05) is 0 Å². The van der Waals surface area contributed by atoms with Crippen molar-refractivity contribution in [2.45, 2.75) is 32.8 Å². The summed E-state index contributed by atoms with van der Waals surface area (Å²) in [5, 5.41) is 9.88. The molecule has 0 saturated carbocycles. The molecule has 64 valence electrons. The van der Waals surface area contributed by atoms with Crippen molar-refractivity contribution < 1.29 is 49.0 Å². The van der Waals surface area contributed by atoms with Gasteiger partial charge in [0.25, 0.3) is 0 Å². The van der Waals surface area contributed by atoms with Gasteiger partial charge in [-0.05, 0) is 20.8 Å². The fourth-order valence-corrected chi connectivity index (χ4v) is 0.495. The first-order chi connectivity index (χ1) is 4.81. The number of ether oxygens (including phenoxy) is 1. The number of carbonyl (C=O) groups excluding carboxylic acids is 2. The fraction of sp³-hybridized carbons (Fsp3) is 0.714. The van der Waals surface area contributed by atoms with Gasteiger partial charge in [0.2, 0.25) is 0 Å². The van der Waals surface area contributed by atoms with E-state index >= 15 is 0 Å². The molecule has 0 radical (unpaired) electrons. The maximum absolute atomic E-state index is 10.6. The van der Waals surface area contributed by atoms with Crippen molar-refractivity contribution in [1.82, 2.24) is 0 Å². The summed E-state index contributed by atoms with van der Waals surface area (Å²) in [5.74, 6) is -2.18. The summed E-state index contributed by atoms with van der Waals surface area (Å²) in [6.45, 7) is 5.00. The molecule has 0 aromatic heterocycles. The van der Waals surface area contributed by atoms with E-state index in [1.807, 2.05) is 0 Å². The molecule has 0 bridgehead atoms. The van der Waals surface area contributed by atoms with E-state index < -0.39 is 24.0 Å². The van der Waals surface area contributed by atoms with Crippen LogP contribution in [-0.2, 0) is 14.3 Å². The van der Waals surface area contributed by atoms with Gasteiger partial charge < -0.3 is 14.6 Å². The second-order valence-electron chi connectivity index (χ2n) is 3.14. The number of carboxylic acids is 1. The van der Waals surface area contributed by atoms with Crippen molar-refractivity contribution in [2.75, 3.05) is 0 Å². The topological polar surface area (TPSA) is 66.4 Å². The van der Waals surface area contributed by atoms with Crippen LogP contribution in [0.4, 0.5) is 0 Å². The number of carbonyl (C=O) groups is 2. The van der Waals surface area contributed by atoms with E-state index in [2.05, 4.69) is 4.74 Å². The monoisotopic (exact) mass is 182 g/mol. The van der Waals surface area contributed by atoms with Crippen LogP contribution in [0.15, 0.2) is 0 Å². The van der Waals surface area contributed by atoms with Crippen LogP contribution in [-0.4, -0.2) is 17.5 Å². The van der Waals surface area contributed by atoms with E-state index in [0.29, 0.717) is 0 Å². The maximum Gasteiger partial charge on any atom is 1.00 e. The molecule has 12 heavy (non-hydrogen) atoms. The van der Waals surface area contributed by atoms with Gasteiger partial charge in [0.1, 0.15) is 5.60 Å². The Hall–Kier alpha value is -0.0600. The summed E-state index contributed by atoms with van der Waals surface area (Å²) in [6.07, 6.45) is -0.683. The molecule has 0 rings (SSSR count). The van der Waals surface area contributed by atoms with Crippen LogP contribution in [0.2, 0.25) is 0 Å². The summed E-state index contributed by atoms with van der Waals surface area (Å²) in [4.78, 5) is 20.5. The van der Waals surface area contributed by atoms with E-state index in [4.69, 9.17) is 0 Å². The Balaban J connectivity index is 0. The summed E-state index contributed by atoms with van der Waals surface area (Å²) >= 11 is 0. The third kappa shape index (κ3) is 9.94. The summed E-state index contributed by atoms with van der Waals surface area (Å²) < 4.78 is 4.69. The standard InChI is InChI=1S/C7H12O4.Na/c1-7(2,3)11-6(10)4-5(8)9;/h4H2,1-3H3,(H,8,9);/q;+1/p-1. The predicted molar refractivity (Wildman–Crippen MR) is 35.5 cm³/mol. The zero-order valence-electron chi connectivity index (χ0n) is 7.84. The van der Waals surface area contributed by atoms with Gasteiger partial charge in [-0.3, -0.25) is 4.79 Å². The average molecular weight is 182 g/mol. The van der Waals surface area contributed by atoms with E-state index in [1.54, 1.807) is 20.8 Å². The molecule has 0 aromatic carbocycles. The second-order valence-corrected chi connectivity index (χ2v) is 3.14. The number of rotatable bonds is 2. The average Bonchev–Trinajstić information content (AvgIpc) is 1.53. The number of hydrogen-bond acceptors (Lipinski definition) is 4. The van der Waals surface area contributed by atoms with Crippen molar-refractivity contribution in [3.05, 3.63) is 0 Å². The molecule has 0 unspecified atom stereocenters. The zero-order chi connectivity index (χ0) is 9.07. The largest absolute Gasteiger partial charge is 1.00 e. The van der Waals surface area contributed by atoms with E-state index in [0.717, 1.165) is 0 Å². The van der Waals surface area contributed by atoms with Crippen LogP contribution in [0.3, 0.4) is 0 Å². The molecule has 4 nitrogen and oxygen atoms in total. The van der Waals surface area contributed by atoms with E-state index in [9.17, 15) is 14.7 Å². The minimum Gasteiger partial charge on any atom is -0.550 e. The van der Waals surface area contributed by atoms with Crippen molar-refractivity contribution >= 4 is 11.9 Å².